The zero-order chi connectivity index (χ0) is 16.8. The first-order valence-corrected chi connectivity index (χ1v) is 8.01. The number of methoxy groups -OCH3 is 1. The molecule has 0 atom stereocenters. The maximum absolute atomic E-state index is 12.1. The van der Waals surface area contributed by atoms with Gasteiger partial charge in [0.1, 0.15) is 5.75 Å². The van der Waals surface area contributed by atoms with E-state index in [4.69, 9.17) is 4.74 Å². The SMILES string of the molecule is COc1cccc(C(=O)CCC(=O)Nc2cc(C)cc(Br)c2)c1. The van der Waals surface area contributed by atoms with Crippen LogP contribution < -0.4 is 10.1 Å². The van der Waals surface area contributed by atoms with Gasteiger partial charge in [-0.15, -0.1) is 0 Å². The molecule has 0 aliphatic heterocycles. The molecule has 0 spiro atoms. The summed E-state index contributed by atoms with van der Waals surface area (Å²) < 4.78 is 6.00. The molecule has 0 heterocycles. The molecule has 0 saturated heterocycles. The van der Waals surface area contributed by atoms with E-state index in [1.54, 1.807) is 31.4 Å². The van der Waals surface area contributed by atoms with Crippen molar-refractivity contribution in [2.75, 3.05) is 12.4 Å². The van der Waals surface area contributed by atoms with Gasteiger partial charge < -0.3 is 10.1 Å². The monoisotopic (exact) mass is 375 g/mol. The number of benzene rings is 2. The summed E-state index contributed by atoms with van der Waals surface area (Å²) in [6, 6.07) is 12.6. The number of rotatable bonds is 6. The van der Waals surface area contributed by atoms with Gasteiger partial charge in [0.2, 0.25) is 5.91 Å². The first-order chi connectivity index (χ1) is 11.0. The quantitative estimate of drug-likeness (QED) is 0.762. The molecule has 0 fully saturated rings. The molecule has 0 saturated carbocycles. The molecule has 0 aliphatic carbocycles. The highest BCUT2D eigenvalue weighted by Gasteiger charge is 2.10. The van der Waals surface area contributed by atoms with Gasteiger partial charge in [0.15, 0.2) is 5.78 Å². The third-order valence-electron chi connectivity index (χ3n) is 3.30. The summed E-state index contributed by atoms with van der Waals surface area (Å²) in [6.07, 6.45) is 0.299. The highest BCUT2D eigenvalue weighted by atomic mass is 79.9. The summed E-state index contributed by atoms with van der Waals surface area (Å²) in [6.45, 7) is 1.95. The second-order valence-electron chi connectivity index (χ2n) is 5.22. The van der Waals surface area contributed by atoms with Crippen LogP contribution in [0.1, 0.15) is 28.8 Å². The Labute approximate surface area is 144 Å². The lowest BCUT2D eigenvalue weighted by molar-refractivity contribution is -0.116. The molecule has 0 aromatic heterocycles. The molecule has 1 amide bonds. The van der Waals surface area contributed by atoms with Crippen molar-refractivity contribution >= 4 is 33.3 Å². The first kappa shape index (κ1) is 17.2. The van der Waals surface area contributed by atoms with E-state index >= 15 is 0 Å². The van der Waals surface area contributed by atoms with Crippen molar-refractivity contribution in [2.45, 2.75) is 19.8 Å². The molecule has 1 N–H and O–H groups in total. The zero-order valence-corrected chi connectivity index (χ0v) is 14.6. The summed E-state index contributed by atoms with van der Waals surface area (Å²) in [5.41, 5.74) is 2.31. The van der Waals surface area contributed by atoms with Gasteiger partial charge in [0, 0.05) is 28.6 Å². The van der Waals surface area contributed by atoms with E-state index in [9.17, 15) is 9.59 Å². The van der Waals surface area contributed by atoms with Gasteiger partial charge in [-0.1, -0.05) is 28.1 Å². The lowest BCUT2D eigenvalue weighted by atomic mass is 10.1. The highest BCUT2D eigenvalue weighted by Crippen LogP contribution is 2.19. The van der Waals surface area contributed by atoms with Gasteiger partial charge in [0.05, 0.1) is 7.11 Å². The number of halogens is 1. The van der Waals surface area contributed by atoms with Gasteiger partial charge >= 0.3 is 0 Å². The fraction of sp³-hybridized carbons (Fsp3) is 0.222. The summed E-state index contributed by atoms with van der Waals surface area (Å²) in [7, 11) is 1.55. The van der Waals surface area contributed by atoms with Gasteiger partial charge in [0.25, 0.3) is 0 Å². The molecule has 0 aliphatic rings. The van der Waals surface area contributed by atoms with E-state index in [-0.39, 0.29) is 24.5 Å². The predicted octanol–water partition coefficient (Wildman–Crippen LogP) is 4.37. The molecule has 2 aromatic carbocycles. The minimum atomic E-state index is -0.182. The lowest BCUT2D eigenvalue weighted by Gasteiger charge is -2.07. The number of amides is 1. The van der Waals surface area contributed by atoms with E-state index in [0.29, 0.717) is 11.3 Å². The third-order valence-corrected chi connectivity index (χ3v) is 3.75. The van der Waals surface area contributed by atoms with Crippen molar-refractivity contribution in [1.29, 1.82) is 0 Å². The van der Waals surface area contributed by atoms with Crippen LogP contribution in [0.4, 0.5) is 5.69 Å². The fourth-order valence-corrected chi connectivity index (χ4v) is 2.81. The highest BCUT2D eigenvalue weighted by molar-refractivity contribution is 9.10. The van der Waals surface area contributed by atoms with Crippen LogP contribution in [0.3, 0.4) is 0 Å². The second-order valence-corrected chi connectivity index (χ2v) is 6.14. The van der Waals surface area contributed by atoms with Crippen LogP contribution in [0.5, 0.6) is 5.75 Å². The van der Waals surface area contributed by atoms with Crippen molar-refractivity contribution in [3.63, 3.8) is 0 Å². The molecule has 23 heavy (non-hydrogen) atoms. The number of ketones is 1. The molecule has 2 aromatic rings. The van der Waals surface area contributed by atoms with E-state index in [0.717, 1.165) is 15.7 Å². The fourth-order valence-electron chi connectivity index (χ4n) is 2.20. The standard InChI is InChI=1S/C18H18BrNO3/c1-12-8-14(19)11-15(9-12)20-18(22)7-6-17(21)13-4-3-5-16(10-13)23-2/h3-5,8-11H,6-7H2,1-2H3,(H,20,22). The largest absolute Gasteiger partial charge is 0.497 e. The summed E-state index contributed by atoms with van der Waals surface area (Å²) >= 11 is 3.39. The first-order valence-electron chi connectivity index (χ1n) is 7.22. The number of carbonyl (C=O) groups is 2. The van der Waals surface area contributed by atoms with Crippen LogP contribution in [-0.4, -0.2) is 18.8 Å². The average Bonchev–Trinajstić information content (AvgIpc) is 2.51. The minimum Gasteiger partial charge on any atom is -0.497 e. The van der Waals surface area contributed by atoms with Crippen LogP contribution in [0, 0.1) is 6.92 Å². The Bertz CT molecular complexity index is 708. The smallest absolute Gasteiger partial charge is 0.224 e. The van der Waals surface area contributed by atoms with E-state index in [1.807, 2.05) is 25.1 Å². The maximum Gasteiger partial charge on any atom is 0.224 e. The van der Waals surface area contributed by atoms with Crippen molar-refractivity contribution in [3.8, 4) is 5.75 Å². The van der Waals surface area contributed by atoms with Crippen molar-refractivity contribution in [2.24, 2.45) is 0 Å². The van der Waals surface area contributed by atoms with Crippen LogP contribution in [0.25, 0.3) is 0 Å². The van der Waals surface area contributed by atoms with Crippen molar-refractivity contribution < 1.29 is 14.3 Å². The van der Waals surface area contributed by atoms with Crippen LogP contribution in [-0.2, 0) is 4.79 Å². The number of nitrogens with one attached hydrogen (secondary N) is 1. The molecule has 0 unspecified atom stereocenters. The van der Waals surface area contributed by atoms with Gasteiger partial charge in [-0.2, -0.15) is 0 Å². The van der Waals surface area contributed by atoms with E-state index < -0.39 is 0 Å². The molecule has 2 rings (SSSR count). The molecule has 0 bridgehead atoms. The molecule has 0 radical (unpaired) electrons. The number of ether oxygens (including phenoxy) is 1. The predicted molar refractivity (Wildman–Crippen MR) is 94.1 cm³/mol. The van der Waals surface area contributed by atoms with Crippen LogP contribution in [0.2, 0.25) is 0 Å². The molecular weight excluding hydrogens is 358 g/mol. The maximum atomic E-state index is 12.1. The van der Waals surface area contributed by atoms with Crippen LogP contribution >= 0.6 is 15.9 Å². The summed E-state index contributed by atoms with van der Waals surface area (Å²) in [5.74, 6) is 0.369. The number of Topliss-reactive ketones (excluding diaryl/α,β-unsaturated/α-hetero) is 1. The Morgan fingerprint density at radius 2 is 1.91 bits per heavy atom. The number of hydrogen-bond acceptors (Lipinski definition) is 3. The molecule has 120 valence electrons. The van der Waals surface area contributed by atoms with Gasteiger partial charge in [-0.05, 0) is 42.8 Å². The number of anilines is 1. The molecular formula is C18H18BrNO3. The Morgan fingerprint density at radius 3 is 2.61 bits per heavy atom. The summed E-state index contributed by atoms with van der Waals surface area (Å²) in [5, 5.41) is 2.81. The van der Waals surface area contributed by atoms with Gasteiger partial charge in [-0.25, -0.2) is 0 Å². The number of hydrogen-bond donors (Lipinski definition) is 1. The Hall–Kier alpha value is -2.14. The van der Waals surface area contributed by atoms with Crippen molar-refractivity contribution in [3.05, 3.63) is 58.1 Å². The third kappa shape index (κ3) is 5.21. The Balaban J connectivity index is 1.92. The van der Waals surface area contributed by atoms with E-state index in [2.05, 4.69) is 21.2 Å². The van der Waals surface area contributed by atoms with E-state index in [1.165, 1.54) is 0 Å². The number of aryl methyl sites for hydroxylation is 1. The topological polar surface area (TPSA) is 55.4 Å². The van der Waals surface area contributed by atoms with Crippen LogP contribution in [0.15, 0.2) is 46.9 Å². The normalized spacial score (nSPS) is 10.2. The second kappa shape index (κ2) is 7.92. The molecule has 5 heteroatoms. The zero-order valence-electron chi connectivity index (χ0n) is 13.1. The Morgan fingerprint density at radius 1 is 1.13 bits per heavy atom. The Kier molecular flexibility index (Phi) is 5.93. The number of carbonyl (C=O) groups excluding carboxylic acids is 2. The average molecular weight is 376 g/mol. The lowest BCUT2D eigenvalue weighted by Crippen LogP contribution is -2.13. The summed E-state index contributed by atoms with van der Waals surface area (Å²) in [4.78, 5) is 24.1. The van der Waals surface area contributed by atoms with Gasteiger partial charge in [-0.3, -0.25) is 9.59 Å². The molecule has 4 nitrogen and oxygen atoms in total. The minimum absolute atomic E-state index is 0.0792. The van der Waals surface area contributed by atoms with Crippen molar-refractivity contribution in [1.82, 2.24) is 0 Å².